The molecule has 0 saturated carbocycles. The van der Waals surface area contributed by atoms with Gasteiger partial charge < -0.3 is 19.7 Å². The van der Waals surface area contributed by atoms with Gasteiger partial charge in [-0.15, -0.1) is 0 Å². The van der Waals surface area contributed by atoms with Gasteiger partial charge in [0.25, 0.3) is 0 Å². The maximum atomic E-state index is 12.0. The van der Waals surface area contributed by atoms with Crippen LogP contribution in [0.2, 0.25) is 0 Å². The molecular weight excluding hydrogens is 280 g/mol. The molecule has 5 heteroatoms. The van der Waals surface area contributed by atoms with Gasteiger partial charge in [0.15, 0.2) is 0 Å². The number of hydrogen-bond donors (Lipinski definition) is 1. The zero-order chi connectivity index (χ0) is 16.1. The molecule has 2 rings (SSSR count). The number of ether oxygens (including phenoxy) is 2. The lowest BCUT2D eigenvalue weighted by Crippen LogP contribution is -2.59. The molecule has 122 valence electrons. The Bertz CT molecular complexity index is 492. The number of hydrogen-bond acceptors (Lipinski definition) is 3. The van der Waals surface area contributed by atoms with Gasteiger partial charge in [-0.2, -0.15) is 0 Å². The van der Waals surface area contributed by atoms with Crippen molar-refractivity contribution in [3.8, 4) is 5.75 Å². The summed E-state index contributed by atoms with van der Waals surface area (Å²) < 4.78 is 11.4. The van der Waals surface area contributed by atoms with Crippen molar-refractivity contribution in [3.63, 3.8) is 0 Å². The minimum Gasteiger partial charge on any atom is -0.486 e. The average molecular weight is 306 g/mol. The molecule has 5 nitrogen and oxygen atoms in total. The maximum Gasteiger partial charge on any atom is 0.317 e. The van der Waals surface area contributed by atoms with E-state index < -0.39 is 0 Å². The summed E-state index contributed by atoms with van der Waals surface area (Å²) >= 11 is 0. The number of carbonyl (C=O) groups is 1. The lowest BCUT2D eigenvalue weighted by atomic mass is 10.1. The highest BCUT2D eigenvalue weighted by Crippen LogP contribution is 2.25. The Morgan fingerprint density at radius 3 is 2.59 bits per heavy atom. The minimum atomic E-state index is -0.0482. The van der Waals surface area contributed by atoms with Crippen LogP contribution in [-0.4, -0.2) is 49.4 Å². The fourth-order valence-corrected chi connectivity index (χ4v) is 2.52. The molecule has 0 spiro atoms. The number of rotatable bonds is 6. The van der Waals surface area contributed by atoms with Gasteiger partial charge in [0, 0.05) is 13.2 Å². The number of amides is 2. The highest BCUT2D eigenvalue weighted by molar-refractivity contribution is 5.75. The summed E-state index contributed by atoms with van der Waals surface area (Å²) in [4.78, 5) is 13.7. The van der Waals surface area contributed by atoms with Crippen molar-refractivity contribution in [2.45, 2.75) is 39.9 Å². The number of likely N-dealkylation sites (tertiary alicyclic amines) is 1. The van der Waals surface area contributed by atoms with Crippen molar-refractivity contribution < 1.29 is 14.3 Å². The Morgan fingerprint density at radius 1 is 1.36 bits per heavy atom. The van der Waals surface area contributed by atoms with Crippen LogP contribution in [-0.2, 0) is 4.74 Å². The number of nitrogens with zero attached hydrogens (tertiary/aromatic N) is 1. The second-order valence-electron chi connectivity index (χ2n) is 5.82. The largest absolute Gasteiger partial charge is 0.486 e. The first-order valence-corrected chi connectivity index (χ1v) is 7.88. The van der Waals surface area contributed by atoms with E-state index in [9.17, 15) is 4.79 Å². The van der Waals surface area contributed by atoms with Crippen molar-refractivity contribution in [3.05, 3.63) is 29.3 Å². The summed E-state index contributed by atoms with van der Waals surface area (Å²) in [6, 6.07) is 6.06. The van der Waals surface area contributed by atoms with E-state index in [4.69, 9.17) is 9.47 Å². The molecule has 0 aliphatic carbocycles. The van der Waals surface area contributed by atoms with Gasteiger partial charge >= 0.3 is 6.03 Å². The summed E-state index contributed by atoms with van der Waals surface area (Å²) in [6.07, 6.45) is 0.117. The molecule has 1 aliphatic rings. The van der Waals surface area contributed by atoms with Gasteiger partial charge in [-0.25, -0.2) is 4.79 Å². The zero-order valence-corrected chi connectivity index (χ0v) is 13.9. The highest BCUT2D eigenvalue weighted by atomic mass is 16.5. The molecule has 1 aromatic carbocycles. The van der Waals surface area contributed by atoms with E-state index in [1.807, 2.05) is 45.9 Å². The van der Waals surface area contributed by atoms with Crippen molar-refractivity contribution in [2.75, 3.05) is 26.2 Å². The fourth-order valence-electron chi connectivity index (χ4n) is 2.52. The third kappa shape index (κ3) is 4.13. The predicted octanol–water partition coefficient (Wildman–Crippen LogP) is 2.50. The Morgan fingerprint density at radius 2 is 2.00 bits per heavy atom. The average Bonchev–Trinajstić information content (AvgIpc) is 2.42. The lowest BCUT2D eigenvalue weighted by molar-refractivity contribution is 0.0393. The van der Waals surface area contributed by atoms with Crippen molar-refractivity contribution in [1.29, 1.82) is 0 Å². The standard InChI is InChI=1S/C17H26N2O3/c1-5-21-14(4)9-18-17(20)19-10-15(11-19)22-16-12(2)7-6-8-13(16)3/h6-8,14-15H,5,9-11H2,1-4H3,(H,18,20). The number of nitrogens with one attached hydrogen (secondary N) is 1. The third-order valence-corrected chi connectivity index (χ3v) is 3.82. The molecule has 1 aliphatic heterocycles. The zero-order valence-electron chi connectivity index (χ0n) is 13.9. The number of aryl methyl sites for hydroxylation is 2. The van der Waals surface area contributed by atoms with E-state index in [1.165, 1.54) is 0 Å². The second kappa shape index (κ2) is 7.49. The van der Waals surface area contributed by atoms with Gasteiger partial charge in [0.1, 0.15) is 11.9 Å². The summed E-state index contributed by atoms with van der Waals surface area (Å²) in [5.41, 5.74) is 2.27. The third-order valence-electron chi connectivity index (χ3n) is 3.82. The number of urea groups is 1. The smallest absolute Gasteiger partial charge is 0.317 e. The van der Waals surface area contributed by atoms with Crippen LogP contribution >= 0.6 is 0 Å². The summed E-state index contributed by atoms with van der Waals surface area (Å²) in [5.74, 6) is 0.942. The first-order chi connectivity index (χ1) is 10.5. The topological polar surface area (TPSA) is 50.8 Å². The van der Waals surface area contributed by atoms with Crippen molar-refractivity contribution in [2.24, 2.45) is 0 Å². The van der Waals surface area contributed by atoms with Crippen LogP contribution in [0.4, 0.5) is 4.79 Å². The number of para-hydroxylation sites is 1. The molecule has 22 heavy (non-hydrogen) atoms. The van der Waals surface area contributed by atoms with E-state index in [2.05, 4.69) is 5.32 Å². The van der Waals surface area contributed by atoms with E-state index >= 15 is 0 Å². The Labute approximate surface area is 132 Å². The first kappa shape index (κ1) is 16.6. The predicted molar refractivity (Wildman–Crippen MR) is 86.4 cm³/mol. The minimum absolute atomic E-state index is 0.0388. The van der Waals surface area contributed by atoms with E-state index in [0.717, 1.165) is 16.9 Å². The molecule has 1 aromatic rings. The van der Waals surface area contributed by atoms with Gasteiger partial charge in [-0.3, -0.25) is 0 Å². The highest BCUT2D eigenvalue weighted by Gasteiger charge is 2.32. The van der Waals surface area contributed by atoms with Crippen LogP contribution in [0, 0.1) is 13.8 Å². The van der Waals surface area contributed by atoms with E-state index in [0.29, 0.717) is 26.2 Å². The quantitative estimate of drug-likeness (QED) is 0.878. The molecule has 1 fully saturated rings. The number of carbonyl (C=O) groups excluding carboxylic acids is 1. The molecular formula is C17H26N2O3. The Kier molecular flexibility index (Phi) is 5.66. The van der Waals surface area contributed by atoms with Crippen LogP contribution in [0.15, 0.2) is 18.2 Å². The van der Waals surface area contributed by atoms with Crippen LogP contribution < -0.4 is 10.1 Å². The van der Waals surface area contributed by atoms with Crippen LogP contribution in [0.3, 0.4) is 0 Å². The molecule has 0 aromatic heterocycles. The van der Waals surface area contributed by atoms with Crippen LogP contribution in [0.25, 0.3) is 0 Å². The normalized spacial score (nSPS) is 16.1. The van der Waals surface area contributed by atoms with E-state index in [-0.39, 0.29) is 18.2 Å². The van der Waals surface area contributed by atoms with Gasteiger partial charge in [-0.1, -0.05) is 18.2 Å². The molecule has 1 N–H and O–H groups in total. The lowest BCUT2D eigenvalue weighted by Gasteiger charge is -2.39. The fraction of sp³-hybridized carbons (Fsp3) is 0.588. The maximum absolute atomic E-state index is 12.0. The van der Waals surface area contributed by atoms with Crippen molar-refractivity contribution in [1.82, 2.24) is 10.2 Å². The molecule has 0 bridgehead atoms. The Balaban J connectivity index is 1.74. The molecule has 1 heterocycles. The summed E-state index contributed by atoms with van der Waals surface area (Å²) in [6.45, 7) is 10.4. The number of benzene rings is 1. The molecule has 2 amide bonds. The van der Waals surface area contributed by atoms with Gasteiger partial charge in [0.05, 0.1) is 19.2 Å². The molecule has 1 atom stereocenters. The molecule has 1 saturated heterocycles. The van der Waals surface area contributed by atoms with Crippen LogP contribution in [0.5, 0.6) is 5.75 Å². The van der Waals surface area contributed by atoms with E-state index in [1.54, 1.807) is 4.90 Å². The van der Waals surface area contributed by atoms with Gasteiger partial charge in [-0.05, 0) is 38.8 Å². The SMILES string of the molecule is CCOC(C)CNC(=O)N1CC(Oc2c(C)cccc2C)C1. The Hall–Kier alpha value is -1.75. The second-order valence-corrected chi connectivity index (χ2v) is 5.82. The molecule has 0 radical (unpaired) electrons. The summed E-state index contributed by atoms with van der Waals surface area (Å²) in [7, 11) is 0. The van der Waals surface area contributed by atoms with Gasteiger partial charge in [0.2, 0.25) is 0 Å². The first-order valence-electron chi connectivity index (χ1n) is 7.88. The molecule has 1 unspecified atom stereocenters. The summed E-state index contributed by atoms with van der Waals surface area (Å²) in [5, 5.41) is 2.88. The van der Waals surface area contributed by atoms with Crippen LogP contribution in [0.1, 0.15) is 25.0 Å². The monoisotopic (exact) mass is 306 g/mol. The van der Waals surface area contributed by atoms with Crippen molar-refractivity contribution >= 4 is 6.03 Å².